The van der Waals surface area contributed by atoms with Gasteiger partial charge in [0.1, 0.15) is 0 Å². The number of aliphatic hydroxyl groups is 1. The van der Waals surface area contributed by atoms with Gasteiger partial charge in [-0.3, -0.25) is 4.68 Å². The van der Waals surface area contributed by atoms with Crippen LogP contribution >= 0.6 is 0 Å². The van der Waals surface area contributed by atoms with Gasteiger partial charge in [-0.15, -0.1) is 0 Å². The van der Waals surface area contributed by atoms with Gasteiger partial charge in [0.15, 0.2) is 0 Å². The second-order valence-corrected chi connectivity index (χ2v) is 6.32. The van der Waals surface area contributed by atoms with Crippen LogP contribution in [0.4, 0.5) is 0 Å². The molecular formula is C16H30N4O. The number of aliphatic hydroxyl groups excluding tert-OH is 1. The van der Waals surface area contributed by atoms with E-state index in [0.717, 1.165) is 31.2 Å². The number of piperidine rings is 1. The lowest BCUT2D eigenvalue weighted by Crippen LogP contribution is -2.38. The first-order chi connectivity index (χ1) is 10.1. The molecule has 120 valence electrons. The van der Waals surface area contributed by atoms with Crippen molar-refractivity contribution in [1.82, 2.24) is 20.0 Å². The van der Waals surface area contributed by atoms with E-state index >= 15 is 0 Å². The molecule has 0 amide bonds. The number of likely N-dealkylation sites (tertiary alicyclic amines) is 1. The van der Waals surface area contributed by atoms with Crippen molar-refractivity contribution in [2.24, 2.45) is 5.92 Å². The Kier molecular flexibility index (Phi) is 6.21. The Balaban J connectivity index is 1.75. The molecule has 1 aliphatic heterocycles. The minimum atomic E-state index is 0.141. The van der Waals surface area contributed by atoms with Crippen LogP contribution in [0.15, 0.2) is 0 Å². The quantitative estimate of drug-likeness (QED) is 0.745. The number of aromatic nitrogens is 2. The van der Waals surface area contributed by atoms with E-state index < -0.39 is 0 Å². The monoisotopic (exact) mass is 294 g/mol. The molecule has 1 aromatic rings. The summed E-state index contributed by atoms with van der Waals surface area (Å²) in [6, 6.07) is 0. The van der Waals surface area contributed by atoms with Crippen LogP contribution in [0.5, 0.6) is 0 Å². The third kappa shape index (κ3) is 4.53. The van der Waals surface area contributed by atoms with Crippen molar-refractivity contribution in [2.75, 3.05) is 32.8 Å². The summed E-state index contributed by atoms with van der Waals surface area (Å²) in [6.45, 7) is 12.7. The molecule has 5 heteroatoms. The van der Waals surface area contributed by atoms with E-state index in [0.29, 0.717) is 6.54 Å². The van der Waals surface area contributed by atoms with E-state index in [1.165, 1.54) is 37.2 Å². The summed E-state index contributed by atoms with van der Waals surface area (Å²) in [7, 11) is 0. The molecule has 1 fully saturated rings. The van der Waals surface area contributed by atoms with E-state index in [-0.39, 0.29) is 6.61 Å². The van der Waals surface area contributed by atoms with Gasteiger partial charge in [0.05, 0.1) is 18.8 Å². The first-order valence-corrected chi connectivity index (χ1v) is 8.18. The Morgan fingerprint density at radius 2 is 2.14 bits per heavy atom. The van der Waals surface area contributed by atoms with Gasteiger partial charge >= 0.3 is 0 Å². The summed E-state index contributed by atoms with van der Waals surface area (Å²) in [6.07, 6.45) is 2.72. The Bertz CT molecular complexity index is 444. The number of nitrogens with one attached hydrogen (secondary N) is 1. The number of hydrogen-bond acceptors (Lipinski definition) is 4. The minimum absolute atomic E-state index is 0.141. The van der Waals surface area contributed by atoms with Crippen molar-refractivity contribution in [3.8, 4) is 0 Å². The molecule has 1 unspecified atom stereocenters. The highest BCUT2D eigenvalue weighted by Gasteiger charge is 2.15. The molecule has 5 nitrogen and oxygen atoms in total. The highest BCUT2D eigenvalue weighted by molar-refractivity contribution is 5.24. The molecule has 0 aromatic carbocycles. The third-order valence-electron chi connectivity index (χ3n) is 4.49. The number of rotatable bonds is 7. The first kappa shape index (κ1) is 16.5. The summed E-state index contributed by atoms with van der Waals surface area (Å²) in [4.78, 5) is 2.57. The van der Waals surface area contributed by atoms with Crippen molar-refractivity contribution >= 4 is 0 Å². The molecule has 0 bridgehead atoms. The van der Waals surface area contributed by atoms with Gasteiger partial charge in [-0.05, 0) is 39.2 Å². The lowest BCUT2D eigenvalue weighted by Gasteiger charge is -2.30. The molecule has 0 aliphatic carbocycles. The molecule has 0 radical (unpaired) electrons. The van der Waals surface area contributed by atoms with Crippen LogP contribution in [0.3, 0.4) is 0 Å². The predicted molar refractivity (Wildman–Crippen MR) is 85.3 cm³/mol. The maximum absolute atomic E-state index is 9.04. The molecule has 1 atom stereocenters. The molecule has 21 heavy (non-hydrogen) atoms. The second-order valence-electron chi connectivity index (χ2n) is 6.32. The van der Waals surface area contributed by atoms with Crippen LogP contribution in [0, 0.1) is 19.8 Å². The lowest BCUT2D eigenvalue weighted by atomic mass is 10.0. The van der Waals surface area contributed by atoms with Crippen LogP contribution < -0.4 is 5.32 Å². The van der Waals surface area contributed by atoms with E-state index in [1.54, 1.807) is 0 Å². The van der Waals surface area contributed by atoms with E-state index in [1.807, 2.05) is 11.6 Å². The van der Waals surface area contributed by atoms with Crippen molar-refractivity contribution in [3.05, 3.63) is 17.0 Å². The van der Waals surface area contributed by atoms with Gasteiger partial charge in [0.25, 0.3) is 0 Å². The fourth-order valence-electron chi connectivity index (χ4n) is 3.24. The Hall–Kier alpha value is -0.910. The molecular weight excluding hydrogens is 264 g/mol. The highest BCUT2D eigenvalue weighted by Crippen LogP contribution is 2.15. The third-order valence-corrected chi connectivity index (χ3v) is 4.49. The van der Waals surface area contributed by atoms with Crippen LogP contribution in [0.1, 0.15) is 36.7 Å². The Morgan fingerprint density at radius 3 is 2.86 bits per heavy atom. The molecule has 1 aromatic heterocycles. The zero-order valence-electron chi connectivity index (χ0n) is 13.7. The second kappa shape index (κ2) is 7.92. The minimum Gasteiger partial charge on any atom is -0.394 e. The van der Waals surface area contributed by atoms with Crippen LogP contribution in [-0.4, -0.2) is 52.6 Å². The van der Waals surface area contributed by atoms with Crippen molar-refractivity contribution in [1.29, 1.82) is 0 Å². The fraction of sp³-hybridized carbons (Fsp3) is 0.812. The number of hydrogen-bond donors (Lipinski definition) is 2. The van der Waals surface area contributed by atoms with Crippen molar-refractivity contribution in [3.63, 3.8) is 0 Å². The van der Waals surface area contributed by atoms with Crippen molar-refractivity contribution in [2.45, 2.75) is 46.7 Å². The van der Waals surface area contributed by atoms with E-state index in [2.05, 4.69) is 29.2 Å². The van der Waals surface area contributed by atoms with E-state index in [9.17, 15) is 0 Å². The molecule has 1 saturated heterocycles. The van der Waals surface area contributed by atoms with Gasteiger partial charge in [-0.2, -0.15) is 5.10 Å². The number of nitrogens with zero attached hydrogens (tertiary/aromatic N) is 3. The van der Waals surface area contributed by atoms with Crippen LogP contribution in [0.2, 0.25) is 0 Å². The van der Waals surface area contributed by atoms with Gasteiger partial charge < -0.3 is 15.3 Å². The average molecular weight is 294 g/mol. The number of aryl methyl sites for hydroxylation is 1. The zero-order chi connectivity index (χ0) is 15.2. The Morgan fingerprint density at radius 1 is 1.33 bits per heavy atom. The smallest absolute Gasteiger partial charge is 0.0644 e. The molecule has 0 saturated carbocycles. The Labute approximate surface area is 128 Å². The van der Waals surface area contributed by atoms with Gasteiger partial charge in [-0.25, -0.2) is 0 Å². The normalized spacial score (nSPS) is 20.1. The maximum Gasteiger partial charge on any atom is 0.0644 e. The van der Waals surface area contributed by atoms with Crippen LogP contribution in [-0.2, 0) is 13.1 Å². The first-order valence-electron chi connectivity index (χ1n) is 8.18. The van der Waals surface area contributed by atoms with Crippen molar-refractivity contribution < 1.29 is 5.11 Å². The summed E-state index contributed by atoms with van der Waals surface area (Å²) < 4.78 is 1.90. The molecule has 2 N–H and O–H groups in total. The summed E-state index contributed by atoms with van der Waals surface area (Å²) in [5, 5.41) is 17.1. The van der Waals surface area contributed by atoms with Gasteiger partial charge in [0.2, 0.25) is 0 Å². The predicted octanol–water partition coefficient (Wildman–Crippen LogP) is 1.31. The largest absolute Gasteiger partial charge is 0.394 e. The molecule has 2 rings (SSSR count). The average Bonchev–Trinajstić information content (AvgIpc) is 2.71. The van der Waals surface area contributed by atoms with E-state index in [4.69, 9.17) is 5.11 Å². The summed E-state index contributed by atoms with van der Waals surface area (Å²) in [5.74, 6) is 0.847. The summed E-state index contributed by atoms with van der Waals surface area (Å²) in [5.41, 5.74) is 3.51. The summed E-state index contributed by atoms with van der Waals surface area (Å²) >= 11 is 0. The molecule has 0 spiro atoms. The standard InChI is InChI=1S/C16H30N4O/c1-13-5-4-7-19(12-13)8-6-17-11-16-14(2)18-20(9-10-21)15(16)3/h13,17,21H,4-12H2,1-3H3. The lowest BCUT2D eigenvalue weighted by molar-refractivity contribution is 0.184. The zero-order valence-corrected chi connectivity index (χ0v) is 13.7. The maximum atomic E-state index is 9.04. The van der Waals surface area contributed by atoms with Gasteiger partial charge in [0, 0.05) is 37.4 Å². The topological polar surface area (TPSA) is 53.3 Å². The molecule has 2 heterocycles. The SMILES string of the molecule is Cc1nn(CCO)c(C)c1CNCCN1CCCC(C)C1. The van der Waals surface area contributed by atoms with Gasteiger partial charge in [-0.1, -0.05) is 6.92 Å². The van der Waals surface area contributed by atoms with Crippen LogP contribution in [0.25, 0.3) is 0 Å². The fourth-order valence-corrected chi connectivity index (χ4v) is 3.24. The molecule has 1 aliphatic rings. The highest BCUT2D eigenvalue weighted by atomic mass is 16.3.